The zero-order chi connectivity index (χ0) is 17.9. The minimum absolute atomic E-state index is 0.183. The third-order valence-corrected chi connectivity index (χ3v) is 4.83. The van der Waals surface area contributed by atoms with Crippen LogP contribution >= 0.6 is 0 Å². The summed E-state index contributed by atoms with van der Waals surface area (Å²) in [6, 6.07) is 15.2. The first kappa shape index (κ1) is 16.9. The number of para-hydroxylation sites is 1. The fourth-order valence-electron chi connectivity index (χ4n) is 2.40. The number of hydrogen-bond acceptors (Lipinski definition) is 4. The Balaban J connectivity index is 1.79. The Kier molecular flexibility index (Phi) is 4.67. The molecule has 2 aromatic carbocycles. The van der Waals surface area contributed by atoms with Gasteiger partial charge in [0.25, 0.3) is 5.91 Å². The summed E-state index contributed by atoms with van der Waals surface area (Å²) in [5.41, 5.74) is 2.00. The van der Waals surface area contributed by atoms with Gasteiger partial charge in [-0.05, 0) is 42.0 Å². The standard InChI is InChI=1S/C18H17N3O3S/c1-25(23,24)16-9-7-14(8-10-16)18(22)20-17-6-3-2-5-15(17)13-21-12-4-11-19-21/h2-12H,13H2,1H3,(H,20,22). The van der Waals surface area contributed by atoms with Gasteiger partial charge in [-0.1, -0.05) is 18.2 Å². The molecule has 0 saturated carbocycles. The van der Waals surface area contributed by atoms with E-state index in [0.29, 0.717) is 17.8 Å². The van der Waals surface area contributed by atoms with Gasteiger partial charge >= 0.3 is 0 Å². The molecule has 128 valence electrons. The highest BCUT2D eigenvalue weighted by molar-refractivity contribution is 7.90. The van der Waals surface area contributed by atoms with Gasteiger partial charge in [-0.15, -0.1) is 0 Å². The summed E-state index contributed by atoms with van der Waals surface area (Å²) in [4.78, 5) is 12.6. The molecular formula is C18H17N3O3S. The number of carbonyl (C=O) groups excluding carboxylic acids is 1. The van der Waals surface area contributed by atoms with E-state index in [2.05, 4.69) is 10.4 Å². The van der Waals surface area contributed by atoms with Crippen molar-refractivity contribution in [3.05, 3.63) is 78.1 Å². The van der Waals surface area contributed by atoms with Crippen LogP contribution in [-0.2, 0) is 16.4 Å². The van der Waals surface area contributed by atoms with E-state index >= 15 is 0 Å². The Bertz CT molecular complexity index is 979. The second kappa shape index (κ2) is 6.90. The Morgan fingerprint density at radius 1 is 1.08 bits per heavy atom. The van der Waals surface area contributed by atoms with Crippen LogP contribution in [0.15, 0.2) is 71.9 Å². The molecule has 1 N–H and O–H groups in total. The van der Waals surface area contributed by atoms with Crippen LogP contribution in [0.5, 0.6) is 0 Å². The van der Waals surface area contributed by atoms with E-state index in [-0.39, 0.29) is 10.8 Å². The van der Waals surface area contributed by atoms with Crippen molar-refractivity contribution in [2.75, 3.05) is 11.6 Å². The zero-order valence-electron chi connectivity index (χ0n) is 13.6. The summed E-state index contributed by atoms with van der Waals surface area (Å²) in [6.07, 6.45) is 4.68. The molecule has 3 aromatic rings. The molecule has 7 heteroatoms. The first-order chi connectivity index (χ1) is 11.9. The quantitative estimate of drug-likeness (QED) is 0.763. The van der Waals surface area contributed by atoms with Gasteiger partial charge in [-0.3, -0.25) is 9.48 Å². The van der Waals surface area contributed by atoms with Crippen LogP contribution in [0.4, 0.5) is 5.69 Å². The molecule has 25 heavy (non-hydrogen) atoms. The summed E-state index contributed by atoms with van der Waals surface area (Å²) >= 11 is 0. The molecule has 6 nitrogen and oxygen atoms in total. The number of nitrogens with zero attached hydrogens (tertiary/aromatic N) is 2. The van der Waals surface area contributed by atoms with Crippen LogP contribution < -0.4 is 5.32 Å². The van der Waals surface area contributed by atoms with E-state index in [1.54, 1.807) is 10.9 Å². The summed E-state index contributed by atoms with van der Waals surface area (Å²) in [5.74, 6) is -0.298. The van der Waals surface area contributed by atoms with Crippen LogP contribution in [0.1, 0.15) is 15.9 Å². The van der Waals surface area contributed by atoms with Crippen molar-refractivity contribution in [2.45, 2.75) is 11.4 Å². The van der Waals surface area contributed by atoms with E-state index in [1.807, 2.05) is 36.5 Å². The summed E-state index contributed by atoms with van der Waals surface area (Å²) in [7, 11) is -3.28. The molecule has 0 unspecified atom stereocenters. The van der Waals surface area contributed by atoms with Gasteiger partial charge in [-0.25, -0.2) is 8.42 Å². The number of anilines is 1. The Morgan fingerprint density at radius 2 is 1.80 bits per heavy atom. The number of benzene rings is 2. The van der Waals surface area contributed by atoms with Crippen LogP contribution in [0, 0.1) is 0 Å². The Morgan fingerprint density at radius 3 is 2.44 bits per heavy atom. The zero-order valence-corrected chi connectivity index (χ0v) is 14.4. The second-order valence-electron chi connectivity index (χ2n) is 5.61. The predicted molar refractivity (Wildman–Crippen MR) is 95.3 cm³/mol. The maximum absolute atomic E-state index is 12.4. The van der Waals surface area contributed by atoms with E-state index in [9.17, 15) is 13.2 Å². The minimum Gasteiger partial charge on any atom is -0.322 e. The van der Waals surface area contributed by atoms with Crippen molar-refractivity contribution < 1.29 is 13.2 Å². The molecule has 0 fully saturated rings. The smallest absolute Gasteiger partial charge is 0.255 e. The van der Waals surface area contributed by atoms with E-state index in [0.717, 1.165) is 11.8 Å². The number of sulfone groups is 1. The molecule has 0 aliphatic carbocycles. The largest absolute Gasteiger partial charge is 0.322 e. The monoisotopic (exact) mass is 355 g/mol. The lowest BCUT2D eigenvalue weighted by atomic mass is 10.1. The molecule has 3 rings (SSSR count). The first-order valence-electron chi connectivity index (χ1n) is 7.60. The molecule has 1 aromatic heterocycles. The number of amides is 1. The average molecular weight is 355 g/mol. The number of carbonyl (C=O) groups is 1. The second-order valence-corrected chi connectivity index (χ2v) is 7.63. The summed E-state index contributed by atoms with van der Waals surface area (Å²) < 4.78 is 24.8. The van der Waals surface area contributed by atoms with Gasteiger partial charge < -0.3 is 5.32 Å². The van der Waals surface area contributed by atoms with Crippen molar-refractivity contribution in [3.63, 3.8) is 0 Å². The molecule has 0 bridgehead atoms. The Labute approximate surface area is 146 Å². The SMILES string of the molecule is CS(=O)(=O)c1ccc(C(=O)Nc2ccccc2Cn2cccn2)cc1. The minimum atomic E-state index is -3.28. The number of rotatable bonds is 5. The van der Waals surface area contributed by atoms with E-state index in [4.69, 9.17) is 0 Å². The molecule has 0 aliphatic heterocycles. The fraction of sp³-hybridized carbons (Fsp3) is 0.111. The van der Waals surface area contributed by atoms with Crippen molar-refractivity contribution in [2.24, 2.45) is 0 Å². The summed E-state index contributed by atoms with van der Waals surface area (Å²) in [5, 5.41) is 7.04. The fourth-order valence-corrected chi connectivity index (χ4v) is 3.03. The van der Waals surface area contributed by atoms with Crippen molar-refractivity contribution in [1.29, 1.82) is 0 Å². The molecular weight excluding hydrogens is 338 g/mol. The topological polar surface area (TPSA) is 81.1 Å². The lowest BCUT2D eigenvalue weighted by Crippen LogP contribution is -2.14. The maximum Gasteiger partial charge on any atom is 0.255 e. The van der Waals surface area contributed by atoms with Crippen LogP contribution in [0.2, 0.25) is 0 Å². The van der Waals surface area contributed by atoms with E-state index < -0.39 is 9.84 Å². The van der Waals surface area contributed by atoms with Crippen LogP contribution in [0.25, 0.3) is 0 Å². The van der Waals surface area contributed by atoms with Crippen LogP contribution in [0.3, 0.4) is 0 Å². The lowest BCUT2D eigenvalue weighted by molar-refractivity contribution is 0.102. The predicted octanol–water partition coefficient (Wildman–Crippen LogP) is 2.59. The van der Waals surface area contributed by atoms with Gasteiger partial charge in [-0.2, -0.15) is 5.10 Å². The molecule has 0 spiro atoms. The van der Waals surface area contributed by atoms with Gasteiger partial charge in [0, 0.05) is 29.9 Å². The summed E-state index contributed by atoms with van der Waals surface area (Å²) in [6.45, 7) is 0.538. The van der Waals surface area contributed by atoms with Gasteiger partial charge in [0.15, 0.2) is 9.84 Å². The highest BCUT2D eigenvalue weighted by Crippen LogP contribution is 2.18. The average Bonchev–Trinajstić information content (AvgIpc) is 3.09. The highest BCUT2D eigenvalue weighted by atomic mass is 32.2. The van der Waals surface area contributed by atoms with Crippen molar-refractivity contribution in [3.8, 4) is 0 Å². The lowest BCUT2D eigenvalue weighted by Gasteiger charge is -2.11. The van der Waals surface area contributed by atoms with E-state index in [1.165, 1.54) is 24.3 Å². The molecule has 0 radical (unpaired) electrons. The molecule has 0 atom stereocenters. The molecule has 0 aliphatic rings. The number of aromatic nitrogens is 2. The number of nitrogens with one attached hydrogen (secondary N) is 1. The van der Waals surface area contributed by atoms with Crippen molar-refractivity contribution >= 4 is 21.4 Å². The first-order valence-corrected chi connectivity index (χ1v) is 9.49. The third-order valence-electron chi connectivity index (χ3n) is 3.70. The van der Waals surface area contributed by atoms with Gasteiger partial charge in [0.1, 0.15) is 0 Å². The maximum atomic E-state index is 12.4. The Hall–Kier alpha value is -2.93. The third kappa shape index (κ3) is 4.13. The highest BCUT2D eigenvalue weighted by Gasteiger charge is 2.12. The number of hydrogen-bond donors (Lipinski definition) is 1. The normalized spacial score (nSPS) is 11.2. The van der Waals surface area contributed by atoms with Gasteiger partial charge in [0.05, 0.1) is 11.4 Å². The molecule has 1 heterocycles. The molecule has 1 amide bonds. The van der Waals surface area contributed by atoms with Crippen molar-refractivity contribution in [1.82, 2.24) is 9.78 Å². The molecule has 0 saturated heterocycles. The van der Waals surface area contributed by atoms with Crippen LogP contribution in [-0.4, -0.2) is 30.4 Å². The van der Waals surface area contributed by atoms with Gasteiger partial charge in [0.2, 0.25) is 0 Å².